The molecule has 28 heavy (non-hydrogen) atoms. The van der Waals surface area contributed by atoms with Crippen LogP contribution >= 0.6 is 0 Å². The highest BCUT2D eigenvalue weighted by atomic mass is 16.5. The van der Waals surface area contributed by atoms with Gasteiger partial charge >= 0.3 is 0 Å². The number of ether oxygens (including phenoxy) is 2. The molecule has 0 amide bonds. The average Bonchev–Trinajstić information content (AvgIpc) is 2.73. The molecule has 0 spiro atoms. The van der Waals surface area contributed by atoms with E-state index in [1.54, 1.807) is 7.11 Å². The zero-order valence-corrected chi connectivity index (χ0v) is 15.9. The fourth-order valence-corrected chi connectivity index (χ4v) is 3.42. The molecule has 5 heteroatoms. The van der Waals surface area contributed by atoms with Crippen molar-refractivity contribution >= 4 is 0 Å². The molecule has 144 valence electrons. The Morgan fingerprint density at radius 2 is 1.86 bits per heavy atom. The first-order chi connectivity index (χ1) is 13.7. The molecule has 5 nitrogen and oxygen atoms in total. The van der Waals surface area contributed by atoms with Crippen LogP contribution in [0.4, 0.5) is 0 Å². The van der Waals surface area contributed by atoms with Gasteiger partial charge in [-0.05, 0) is 35.2 Å². The Morgan fingerprint density at radius 1 is 1.07 bits per heavy atom. The Bertz CT molecular complexity index is 994. The molecular formula is C23H23NO4. The lowest BCUT2D eigenvalue weighted by atomic mass is 10.00. The maximum absolute atomic E-state index is 12.4. The Kier molecular flexibility index (Phi) is 5.44. The van der Waals surface area contributed by atoms with E-state index in [-0.39, 0.29) is 11.2 Å². The second kappa shape index (κ2) is 8.31. The van der Waals surface area contributed by atoms with Gasteiger partial charge in [-0.2, -0.15) is 0 Å². The number of nitrogens with zero attached hydrogens (tertiary/aromatic N) is 1. The van der Waals surface area contributed by atoms with Crippen molar-refractivity contribution in [2.75, 3.05) is 13.7 Å². The highest BCUT2D eigenvalue weighted by Crippen LogP contribution is 2.20. The van der Waals surface area contributed by atoms with Crippen LogP contribution in [0.1, 0.15) is 22.5 Å². The predicted octanol–water partition coefficient (Wildman–Crippen LogP) is 3.79. The molecule has 0 N–H and O–H groups in total. The van der Waals surface area contributed by atoms with Crippen LogP contribution in [0.15, 0.2) is 70.1 Å². The zero-order valence-electron chi connectivity index (χ0n) is 15.9. The van der Waals surface area contributed by atoms with Gasteiger partial charge in [-0.3, -0.25) is 9.69 Å². The van der Waals surface area contributed by atoms with Crippen molar-refractivity contribution in [1.29, 1.82) is 0 Å². The molecule has 0 radical (unpaired) electrons. The van der Waals surface area contributed by atoms with E-state index in [2.05, 4.69) is 29.2 Å². The van der Waals surface area contributed by atoms with Crippen molar-refractivity contribution in [3.63, 3.8) is 0 Å². The quantitative estimate of drug-likeness (QED) is 0.654. The lowest BCUT2D eigenvalue weighted by Crippen LogP contribution is -2.30. The summed E-state index contributed by atoms with van der Waals surface area (Å²) in [7, 11) is 1.63. The van der Waals surface area contributed by atoms with Gasteiger partial charge in [0.2, 0.25) is 11.2 Å². The molecular weight excluding hydrogens is 354 g/mol. The first-order valence-corrected chi connectivity index (χ1v) is 9.38. The van der Waals surface area contributed by atoms with Crippen molar-refractivity contribution in [3.8, 4) is 11.5 Å². The summed E-state index contributed by atoms with van der Waals surface area (Å²) in [5.74, 6) is 1.66. The molecule has 1 aromatic heterocycles. The number of hydrogen-bond donors (Lipinski definition) is 0. The molecule has 0 saturated heterocycles. The first-order valence-electron chi connectivity index (χ1n) is 9.38. The number of methoxy groups -OCH3 is 1. The molecule has 2 heterocycles. The topological polar surface area (TPSA) is 51.9 Å². The lowest BCUT2D eigenvalue weighted by Gasteiger charge is -2.28. The van der Waals surface area contributed by atoms with Crippen LogP contribution in [0.25, 0.3) is 0 Å². The Balaban J connectivity index is 1.37. The van der Waals surface area contributed by atoms with Crippen molar-refractivity contribution in [3.05, 3.63) is 93.5 Å². The third-order valence-corrected chi connectivity index (χ3v) is 4.99. The fraction of sp³-hybridized carbons (Fsp3) is 0.261. The standard InChI is InChI=1S/C23H23NO4/c1-26-20-8-6-17(7-9-20)15-28-23-16-27-21(12-22(23)25)14-24-11-10-18-4-2-3-5-19(18)13-24/h2-9,12,16H,10-11,13-15H2,1H3. The zero-order chi connectivity index (χ0) is 19.3. The van der Waals surface area contributed by atoms with Crippen LogP contribution in [0.2, 0.25) is 0 Å². The van der Waals surface area contributed by atoms with Gasteiger partial charge in [0.15, 0.2) is 0 Å². The average molecular weight is 377 g/mol. The summed E-state index contributed by atoms with van der Waals surface area (Å²) in [5.41, 5.74) is 3.54. The van der Waals surface area contributed by atoms with Crippen LogP contribution in [0.3, 0.4) is 0 Å². The monoisotopic (exact) mass is 377 g/mol. The summed E-state index contributed by atoms with van der Waals surface area (Å²) in [5, 5.41) is 0. The SMILES string of the molecule is COc1ccc(COc2coc(CN3CCc4ccccc4C3)cc2=O)cc1. The molecule has 4 rings (SSSR count). The summed E-state index contributed by atoms with van der Waals surface area (Å²) >= 11 is 0. The minimum Gasteiger partial charge on any atom is -0.497 e. The fourth-order valence-electron chi connectivity index (χ4n) is 3.42. The molecule has 0 fully saturated rings. The summed E-state index contributed by atoms with van der Waals surface area (Å²) < 4.78 is 16.4. The van der Waals surface area contributed by atoms with E-state index >= 15 is 0 Å². The minimum absolute atomic E-state index is 0.160. The van der Waals surface area contributed by atoms with E-state index in [1.165, 1.54) is 23.5 Å². The molecule has 0 bridgehead atoms. The largest absolute Gasteiger partial charge is 0.497 e. The second-order valence-corrected chi connectivity index (χ2v) is 6.94. The molecule has 0 saturated carbocycles. The summed E-state index contributed by atoms with van der Waals surface area (Å²) in [4.78, 5) is 14.7. The van der Waals surface area contributed by atoms with Crippen molar-refractivity contribution in [1.82, 2.24) is 4.90 Å². The molecule has 2 aromatic carbocycles. The smallest absolute Gasteiger partial charge is 0.227 e. The van der Waals surface area contributed by atoms with Gasteiger partial charge in [-0.25, -0.2) is 0 Å². The van der Waals surface area contributed by atoms with E-state index in [0.29, 0.717) is 18.9 Å². The normalized spacial score (nSPS) is 13.8. The highest BCUT2D eigenvalue weighted by Gasteiger charge is 2.17. The molecule has 1 aliphatic rings. The summed E-state index contributed by atoms with van der Waals surface area (Å²) in [6.07, 6.45) is 2.43. The molecule has 0 unspecified atom stereocenters. The molecule has 0 aliphatic carbocycles. The van der Waals surface area contributed by atoms with E-state index in [1.807, 2.05) is 24.3 Å². The summed E-state index contributed by atoms with van der Waals surface area (Å²) in [6.45, 7) is 2.74. The van der Waals surface area contributed by atoms with E-state index in [9.17, 15) is 4.79 Å². The lowest BCUT2D eigenvalue weighted by molar-refractivity contribution is 0.220. The van der Waals surface area contributed by atoms with E-state index in [4.69, 9.17) is 13.9 Å². The van der Waals surface area contributed by atoms with Crippen LogP contribution in [0, 0.1) is 0 Å². The van der Waals surface area contributed by atoms with Gasteiger partial charge < -0.3 is 13.9 Å². The molecule has 1 aliphatic heterocycles. The summed E-state index contributed by atoms with van der Waals surface area (Å²) in [6, 6.07) is 17.6. The van der Waals surface area contributed by atoms with Gasteiger partial charge in [0.05, 0.1) is 13.7 Å². The minimum atomic E-state index is -0.160. The number of rotatable bonds is 6. The van der Waals surface area contributed by atoms with Crippen LogP contribution in [-0.2, 0) is 26.1 Å². The molecule has 0 atom stereocenters. The predicted molar refractivity (Wildman–Crippen MR) is 107 cm³/mol. The van der Waals surface area contributed by atoms with Gasteiger partial charge in [-0.1, -0.05) is 36.4 Å². The van der Waals surface area contributed by atoms with Crippen LogP contribution in [-0.4, -0.2) is 18.6 Å². The highest BCUT2D eigenvalue weighted by molar-refractivity contribution is 5.29. The Labute approximate surface area is 164 Å². The number of fused-ring (bicyclic) bond motifs is 1. The van der Waals surface area contributed by atoms with Crippen molar-refractivity contribution < 1.29 is 13.9 Å². The van der Waals surface area contributed by atoms with E-state index in [0.717, 1.165) is 30.8 Å². The maximum atomic E-state index is 12.4. The Hall–Kier alpha value is -3.05. The van der Waals surface area contributed by atoms with Gasteiger partial charge in [0.1, 0.15) is 24.4 Å². The number of hydrogen-bond acceptors (Lipinski definition) is 5. The van der Waals surface area contributed by atoms with Crippen LogP contribution < -0.4 is 14.9 Å². The maximum Gasteiger partial charge on any atom is 0.227 e. The van der Waals surface area contributed by atoms with Crippen LogP contribution in [0.5, 0.6) is 11.5 Å². The third kappa shape index (κ3) is 4.26. The second-order valence-electron chi connectivity index (χ2n) is 6.94. The van der Waals surface area contributed by atoms with Crippen molar-refractivity contribution in [2.24, 2.45) is 0 Å². The van der Waals surface area contributed by atoms with Crippen molar-refractivity contribution in [2.45, 2.75) is 26.1 Å². The Morgan fingerprint density at radius 3 is 2.61 bits per heavy atom. The van der Waals surface area contributed by atoms with Gasteiger partial charge in [-0.15, -0.1) is 0 Å². The first kappa shape index (κ1) is 18.3. The molecule has 3 aromatic rings. The van der Waals surface area contributed by atoms with Gasteiger partial charge in [0, 0.05) is 19.2 Å². The van der Waals surface area contributed by atoms with E-state index < -0.39 is 0 Å². The number of benzene rings is 2. The van der Waals surface area contributed by atoms with Gasteiger partial charge in [0.25, 0.3) is 0 Å². The third-order valence-electron chi connectivity index (χ3n) is 4.99.